The summed E-state index contributed by atoms with van der Waals surface area (Å²) in [6, 6.07) is 1.96. The van der Waals surface area contributed by atoms with Gasteiger partial charge in [0.1, 0.15) is 11.3 Å². The molecule has 0 aliphatic rings. The standard InChI is InChI=1S/C14H19ClN4O/c1-8-5-10-12(17-6-8)19(11(18-10)9(2)15)7-14(3,4)13(16)20/h5-6,9H,7H2,1-4H3,(H2,16,20). The molecule has 0 spiro atoms. The van der Waals surface area contributed by atoms with E-state index in [1.165, 1.54) is 0 Å². The van der Waals surface area contributed by atoms with Gasteiger partial charge in [-0.05, 0) is 39.3 Å². The third-order valence-electron chi connectivity index (χ3n) is 3.33. The van der Waals surface area contributed by atoms with Crippen molar-refractivity contribution in [2.75, 3.05) is 0 Å². The van der Waals surface area contributed by atoms with E-state index in [4.69, 9.17) is 17.3 Å². The Morgan fingerprint density at radius 1 is 1.55 bits per heavy atom. The first-order valence-electron chi connectivity index (χ1n) is 6.49. The van der Waals surface area contributed by atoms with Gasteiger partial charge in [-0.3, -0.25) is 4.79 Å². The first-order valence-corrected chi connectivity index (χ1v) is 6.93. The molecule has 0 aromatic carbocycles. The first kappa shape index (κ1) is 14.8. The number of amides is 1. The number of hydrogen-bond donors (Lipinski definition) is 1. The summed E-state index contributed by atoms with van der Waals surface area (Å²) in [5.74, 6) is 0.341. The van der Waals surface area contributed by atoms with E-state index in [0.717, 1.165) is 16.7 Å². The number of carbonyl (C=O) groups excluding carboxylic acids is 1. The minimum atomic E-state index is -0.694. The number of rotatable bonds is 4. The molecule has 0 saturated heterocycles. The molecule has 2 aromatic rings. The first-order chi connectivity index (χ1) is 9.22. The van der Waals surface area contributed by atoms with E-state index < -0.39 is 5.41 Å². The average molecular weight is 295 g/mol. The summed E-state index contributed by atoms with van der Waals surface area (Å²) in [6.45, 7) is 7.82. The van der Waals surface area contributed by atoms with Gasteiger partial charge in [-0.25, -0.2) is 9.97 Å². The largest absolute Gasteiger partial charge is 0.369 e. The van der Waals surface area contributed by atoms with Gasteiger partial charge in [-0.2, -0.15) is 0 Å². The summed E-state index contributed by atoms with van der Waals surface area (Å²) in [7, 11) is 0. The summed E-state index contributed by atoms with van der Waals surface area (Å²) in [5.41, 5.74) is 7.31. The van der Waals surface area contributed by atoms with Crippen molar-refractivity contribution in [1.82, 2.24) is 14.5 Å². The summed E-state index contributed by atoms with van der Waals surface area (Å²) < 4.78 is 1.89. The third-order valence-corrected chi connectivity index (χ3v) is 3.52. The number of hydrogen-bond acceptors (Lipinski definition) is 3. The van der Waals surface area contributed by atoms with E-state index in [0.29, 0.717) is 12.4 Å². The molecular formula is C14H19ClN4O. The van der Waals surface area contributed by atoms with E-state index in [9.17, 15) is 4.79 Å². The maximum absolute atomic E-state index is 11.6. The Hall–Kier alpha value is -1.62. The number of primary amides is 1. The molecule has 2 heterocycles. The van der Waals surface area contributed by atoms with Gasteiger partial charge in [0.05, 0.1) is 10.8 Å². The molecule has 20 heavy (non-hydrogen) atoms. The van der Waals surface area contributed by atoms with Gasteiger partial charge in [0.2, 0.25) is 5.91 Å². The maximum Gasteiger partial charge on any atom is 0.224 e. The number of fused-ring (bicyclic) bond motifs is 1. The lowest BCUT2D eigenvalue weighted by Crippen LogP contribution is -2.35. The summed E-state index contributed by atoms with van der Waals surface area (Å²) in [6.07, 6.45) is 1.78. The van der Waals surface area contributed by atoms with Gasteiger partial charge in [0.25, 0.3) is 0 Å². The average Bonchev–Trinajstić information content (AvgIpc) is 2.66. The Morgan fingerprint density at radius 3 is 2.75 bits per heavy atom. The van der Waals surface area contributed by atoms with Crippen molar-refractivity contribution < 1.29 is 4.79 Å². The van der Waals surface area contributed by atoms with Gasteiger partial charge in [0, 0.05) is 12.7 Å². The van der Waals surface area contributed by atoms with Crippen LogP contribution < -0.4 is 5.73 Å². The van der Waals surface area contributed by atoms with Crippen LogP contribution in [0, 0.1) is 12.3 Å². The Kier molecular flexibility index (Phi) is 3.73. The zero-order valence-corrected chi connectivity index (χ0v) is 12.9. The fourth-order valence-electron chi connectivity index (χ4n) is 2.06. The zero-order chi connectivity index (χ0) is 15.1. The van der Waals surface area contributed by atoms with Crippen molar-refractivity contribution in [3.63, 3.8) is 0 Å². The Bertz CT molecular complexity index is 660. The highest BCUT2D eigenvalue weighted by molar-refractivity contribution is 6.20. The van der Waals surface area contributed by atoms with E-state index in [2.05, 4.69) is 9.97 Å². The van der Waals surface area contributed by atoms with Crippen LogP contribution >= 0.6 is 11.6 Å². The van der Waals surface area contributed by atoms with Crippen molar-refractivity contribution in [2.45, 2.75) is 39.6 Å². The van der Waals surface area contributed by atoms with Crippen LogP contribution in [0.1, 0.15) is 37.5 Å². The van der Waals surface area contributed by atoms with Crippen molar-refractivity contribution in [1.29, 1.82) is 0 Å². The van der Waals surface area contributed by atoms with Gasteiger partial charge in [0.15, 0.2) is 5.65 Å². The molecule has 0 fully saturated rings. The van der Waals surface area contributed by atoms with Crippen LogP contribution in [0.2, 0.25) is 0 Å². The molecular weight excluding hydrogens is 276 g/mol. The molecule has 0 bridgehead atoms. The molecule has 1 atom stereocenters. The highest BCUT2D eigenvalue weighted by Crippen LogP contribution is 2.28. The lowest BCUT2D eigenvalue weighted by atomic mass is 9.92. The Morgan fingerprint density at radius 2 is 2.20 bits per heavy atom. The normalized spacial score (nSPS) is 13.7. The van der Waals surface area contributed by atoms with Crippen molar-refractivity contribution in [3.8, 4) is 0 Å². The van der Waals surface area contributed by atoms with E-state index in [-0.39, 0.29) is 11.3 Å². The number of pyridine rings is 1. The van der Waals surface area contributed by atoms with Crippen LogP contribution in [0.3, 0.4) is 0 Å². The molecule has 6 heteroatoms. The van der Waals surface area contributed by atoms with Crippen LogP contribution in [-0.2, 0) is 11.3 Å². The molecule has 0 aliphatic carbocycles. The number of alkyl halides is 1. The molecule has 1 unspecified atom stereocenters. The number of nitrogens with zero attached hydrogens (tertiary/aromatic N) is 3. The summed E-state index contributed by atoms with van der Waals surface area (Å²) in [4.78, 5) is 20.5. The Labute approximate surface area is 123 Å². The second kappa shape index (κ2) is 5.05. The lowest BCUT2D eigenvalue weighted by molar-refractivity contribution is -0.126. The SMILES string of the molecule is Cc1cnc2c(c1)nc(C(C)Cl)n2CC(C)(C)C(N)=O. The number of imidazole rings is 1. The minimum absolute atomic E-state index is 0.270. The molecule has 2 rings (SSSR count). The monoisotopic (exact) mass is 294 g/mol. The van der Waals surface area contributed by atoms with Gasteiger partial charge >= 0.3 is 0 Å². The van der Waals surface area contributed by atoms with Crippen LogP contribution in [0.5, 0.6) is 0 Å². The number of halogens is 1. The minimum Gasteiger partial charge on any atom is -0.369 e. The number of nitrogens with two attached hydrogens (primary N) is 1. The quantitative estimate of drug-likeness (QED) is 0.881. The second-order valence-corrected chi connectivity index (χ2v) is 6.43. The predicted molar refractivity (Wildman–Crippen MR) is 79.5 cm³/mol. The smallest absolute Gasteiger partial charge is 0.224 e. The van der Waals surface area contributed by atoms with Crippen LogP contribution in [0.25, 0.3) is 11.2 Å². The number of carbonyl (C=O) groups is 1. The third kappa shape index (κ3) is 2.63. The molecule has 1 amide bonds. The molecule has 2 N–H and O–H groups in total. The molecule has 0 radical (unpaired) electrons. The molecule has 0 saturated carbocycles. The predicted octanol–water partition coefficient (Wildman–Crippen LogP) is 2.55. The topological polar surface area (TPSA) is 73.8 Å². The van der Waals surface area contributed by atoms with Crippen LogP contribution in [0.4, 0.5) is 0 Å². The zero-order valence-electron chi connectivity index (χ0n) is 12.1. The van der Waals surface area contributed by atoms with E-state index in [1.807, 2.05) is 24.5 Å². The van der Waals surface area contributed by atoms with E-state index >= 15 is 0 Å². The summed E-state index contributed by atoms with van der Waals surface area (Å²) >= 11 is 6.20. The fraction of sp³-hybridized carbons (Fsp3) is 0.500. The summed E-state index contributed by atoms with van der Waals surface area (Å²) in [5, 5.41) is -0.270. The second-order valence-electron chi connectivity index (χ2n) is 5.78. The van der Waals surface area contributed by atoms with Crippen molar-refractivity contribution in [2.24, 2.45) is 11.1 Å². The van der Waals surface area contributed by atoms with E-state index in [1.54, 1.807) is 20.0 Å². The fourth-order valence-corrected chi connectivity index (χ4v) is 2.23. The molecule has 108 valence electrons. The van der Waals surface area contributed by atoms with Gasteiger partial charge < -0.3 is 10.3 Å². The maximum atomic E-state index is 11.6. The highest BCUT2D eigenvalue weighted by Gasteiger charge is 2.28. The van der Waals surface area contributed by atoms with Crippen LogP contribution in [0.15, 0.2) is 12.3 Å². The van der Waals surface area contributed by atoms with Gasteiger partial charge in [-0.1, -0.05) is 0 Å². The molecule has 2 aromatic heterocycles. The van der Waals surface area contributed by atoms with Crippen molar-refractivity contribution >= 4 is 28.7 Å². The van der Waals surface area contributed by atoms with Gasteiger partial charge in [-0.15, -0.1) is 11.6 Å². The van der Waals surface area contributed by atoms with Crippen molar-refractivity contribution in [3.05, 3.63) is 23.7 Å². The molecule has 0 aliphatic heterocycles. The Balaban J connectivity index is 2.60. The molecule has 5 nitrogen and oxygen atoms in total. The number of aryl methyl sites for hydroxylation is 1. The number of aromatic nitrogens is 3. The lowest BCUT2D eigenvalue weighted by Gasteiger charge is -2.22. The van der Waals surface area contributed by atoms with Crippen LogP contribution in [-0.4, -0.2) is 20.4 Å². The highest BCUT2D eigenvalue weighted by atomic mass is 35.5.